The van der Waals surface area contributed by atoms with E-state index in [0.29, 0.717) is 68.7 Å². The molecule has 0 atom stereocenters. The molecule has 3 N–H and O–H groups in total. The van der Waals surface area contributed by atoms with Crippen molar-refractivity contribution in [1.82, 2.24) is 19.7 Å². The number of fused-ring (bicyclic) bond motifs is 1. The minimum absolute atomic E-state index is 0.0466. The number of nitrogens with zero attached hydrogens (tertiary/aromatic N) is 1. The molecule has 1 aliphatic carbocycles. The van der Waals surface area contributed by atoms with Gasteiger partial charge >= 0.3 is 16.2 Å². The molecular formula is C23H34N4O6S. The third-order valence-electron chi connectivity index (χ3n) is 6.72. The second-order valence-electron chi connectivity index (χ2n) is 9.13. The molecule has 10 nitrogen and oxygen atoms in total. The first kappa shape index (κ1) is 24.6. The Labute approximate surface area is 200 Å². The van der Waals surface area contributed by atoms with Crippen LogP contribution in [0.1, 0.15) is 61.7 Å². The number of ether oxygens (including phenoxy) is 2. The van der Waals surface area contributed by atoms with E-state index in [1.807, 2.05) is 0 Å². The highest BCUT2D eigenvalue weighted by atomic mass is 32.2. The van der Waals surface area contributed by atoms with Crippen molar-refractivity contribution in [2.45, 2.75) is 57.4 Å². The van der Waals surface area contributed by atoms with Gasteiger partial charge in [-0.3, -0.25) is 4.79 Å². The highest BCUT2D eigenvalue weighted by Gasteiger charge is 2.30. The van der Waals surface area contributed by atoms with Crippen LogP contribution < -0.4 is 24.8 Å². The van der Waals surface area contributed by atoms with Crippen molar-refractivity contribution in [3.63, 3.8) is 0 Å². The predicted octanol–water partition coefficient (Wildman–Crippen LogP) is 2.17. The van der Waals surface area contributed by atoms with E-state index in [4.69, 9.17) is 9.47 Å². The van der Waals surface area contributed by atoms with E-state index in [1.165, 1.54) is 4.31 Å². The summed E-state index contributed by atoms with van der Waals surface area (Å²) in [5, 5.41) is 5.71. The summed E-state index contributed by atoms with van der Waals surface area (Å²) in [5.74, 6) is 1.14. The monoisotopic (exact) mass is 494 g/mol. The molecule has 0 aromatic heterocycles. The summed E-state index contributed by atoms with van der Waals surface area (Å²) in [5.41, 5.74) is 0.454. The topological polar surface area (TPSA) is 126 Å². The van der Waals surface area contributed by atoms with Crippen molar-refractivity contribution in [3.8, 4) is 11.5 Å². The fraction of sp³-hybridized carbons (Fsp3) is 0.652. The van der Waals surface area contributed by atoms with Gasteiger partial charge in [0.05, 0.1) is 5.56 Å². The molecule has 4 rings (SSSR count). The van der Waals surface area contributed by atoms with Crippen molar-refractivity contribution in [2.24, 2.45) is 5.92 Å². The Kier molecular flexibility index (Phi) is 8.15. The van der Waals surface area contributed by atoms with Crippen LogP contribution in [0.4, 0.5) is 4.79 Å². The highest BCUT2D eigenvalue weighted by molar-refractivity contribution is 7.87. The molecule has 1 saturated carbocycles. The molecule has 0 radical (unpaired) electrons. The summed E-state index contributed by atoms with van der Waals surface area (Å²) >= 11 is 0. The number of hydrogen-bond donors (Lipinski definition) is 3. The van der Waals surface area contributed by atoms with Crippen molar-refractivity contribution >= 4 is 22.1 Å². The molecule has 3 amide bonds. The van der Waals surface area contributed by atoms with Crippen LogP contribution in [-0.2, 0) is 10.2 Å². The van der Waals surface area contributed by atoms with E-state index in [2.05, 4.69) is 15.4 Å². The molecule has 1 saturated heterocycles. The lowest BCUT2D eigenvalue weighted by molar-refractivity contribution is 0.0939. The molecule has 0 spiro atoms. The maximum absolute atomic E-state index is 12.6. The van der Waals surface area contributed by atoms with E-state index in [9.17, 15) is 18.0 Å². The number of rotatable bonds is 7. The Hall–Kier alpha value is -2.53. The number of benzene rings is 1. The van der Waals surface area contributed by atoms with Crippen LogP contribution in [0, 0.1) is 5.92 Å². The molecule has 0 unspecified atom stereocenters. The molecule has 1 aromatic carbocycles. The second kappa shape index (κ2) is 11.3. The summed E-state index contributed by atoms with van der Waals surface area (Å²) in [4.78, 5) is 24.8. The van der Waals surface area contributed by atoms with Crippen LogP contribution in [-0.4, -0.2) is 63.6 Å². The lowest BCUT2D eigenvalue weighted by Gasteiger charge is -2.31. The minimum Gasteiger partial charge on any atom is -0.486 e. The Morgan fingerprint density at radius 1 is 1.00 bits per heavy atom. The van der Waals surface area contributed by atoms with Gasteiger partial charge in [-0.2, -0.15) is 12.7 Å². The first-order chi connectivity index (χ1) is 16.4. The number of nitrogens with one attached hydrogen (secondary N) is 3. The van der Waals surface area contributed by atoms with Gasteiger partial charge in [0.2, 0.25) is 0 Å². The molecule has 11 heteroatoms. The van der Waals surface area contributed by atoms with Crippen LogP contribution in [0.2, 0.25) is 0 Å². The van der Waals surface area contributed by atoms with E-state index in [0.717, 1.165) is 38.5 Å². The molecule has 2 heterocycles. The Morgan fingerprint density at radius 3 is 2.50 bits per heavy atom. The fourth-order valence-corrected chi connectivity index (χ4v) is 5.93. The van der Waals surface area contributed by atoms with Gasteiger partial charge in [0, 0.05) is 25.7 Å². The fourth-order valence-electron chi connectivity index (χ4n) is 4.82. The molecule has 2 aliphatic heterocycles. The van der Waals surface area contributed by atoms with Gasteiger partial charge < -0.3 is 20.1 Å². The normalized spacial score (nSPS) is 19.9. The second-order valence-corrected chi connectivity index (χ2v) is 10.8. The number of carbonyl (C=O) groups is 2. The van der Waals surface area contributed by atoms with Crippen LogP contribution in [0.5, 0.6) is 11.5 Å². The van der Waals surface area contributed by atoms with Gasteiger partial charge in [0.15, 0.2) is 11.5 Å². The predicted molar refractivity (Wildman–Crippen MR) is 126 cm³/mol. The number of carbonyl (C=O) groups excluding carboxylic acids is 2. The lowest BCUT2D eigenvalue weighted by Crippen LogP contribution is -2.51. The van der Waals surface area contributed by atoms with E-state index >= 15 is 0 Å². The average Bonchev–Trinajstić information content (AvgIpc) is 2.84. The van der Waals surface area contributed by atoms with E-state index in [-0.39, 0.29) is 11.9 Å². The van der Waals surface area contributed by atoms with Crippen LogP contribution in [0.3, 0.4) is 0 Å². The Bertz CT molecular complexity index is 972. The molecule has 34 heavy (non-hydrogen) atoms. The zero-order valence-corrected chi connectivity index (χ0v) is 20.2. The first-order valence-corrected chi connectivity index (χ1v) is 13.6. The molecule has 3 aliphatic rings. The van der Waals surface area contributed by atoms with E-state index < -0.39 is 16.2 Å². The molecule has 0 bridgehead atoms. The molecular weight excluding hydrogens is 460 g/mol. The number of urea groups is 1. The van der Waals surface area contributed by atoms with Crippen molar-refractivity contribution in [1.29, 1.82) is 0 Å². The summed E-state index contributed by atoms with van der Waals surface area (Å²) in [6, 6.07) is 4.66. The summed E-state index contributed by atoms with van der Waals surface area (Å²) < 4.78 is 39.8. The Balaban J connectivity index is 1.18. The van der Waals surface area contributed by atoms with Crippen molar-refractivity contribution in [3.05, 3.63) is 23.8 Å². The number of hydrogen-bond acceptors (Lipinski definition) is 6. The summed E-state index contributed by atoms with van der Waals surface area (Å²) in [7, 11) is -3.86. The van der Waals surface area contributed by atoms with Crippen LogP contribution in [0.25, 0.3) is 0 Å². The lowest BCUT2D eigenvalue weighted by atomic mass is 9.94. The van der Waals surface area contributed by atoms with Gasteiger partial charge in [-0.25, -0.2) is 9.52 Å². The number of para-hydroxylation sites is 1. The summed E-state index contributed by atoms with van der Waals surface area (Å²) in [6.45, 7) is 2.07. The zero-order valence-electron chi connectivity index (χ0n) is 19.4. The zero-order chi connectivity index (χ0) is 24.0. The quantitative estimate of drug-likeness (QED) is 0.533. The number of piperidine rings is 1. The van der Waals surface area contributed by atoms with Gasteiger partial charge in [0.25, 0.3) is 5.91 Å². The maximum atomic E-state index is 12.6. The van der Waals surface area contributed by atoms with E-state index in [1.54, 1.807) is 18.2 Å². The SMILES string of the molecule is O=C(NC1CCCCC1)NS(=O)(=O)N1CCC(CCNC(=O)c2cccc3c2OCCO3)CC1. The minimum atomic E-state index is -3.86. The van der Waals surface area contributed by atoms with Gasteiger partial charge in [-0.05, 0) is 50.2 Å². The number of amides is 3. The molecule has 2 fully saturated rings. The third kappa shape index (κ3) is 6.32. The van der Waals surface area contributed by atoms with Crippen molar-refractivity contribution in [2.75, 3.05) is 32.8 Å². The van der Waals surface area contributed by atoms with Crippen LogP contribution >= 0.6 is 0 Å². The smallest absolute Gasteiger partial charge is 0.329 e. The average molecular weight is 495 g/mol. The maximum Gasteiger partial charge on any atom is 0.329 e. The third-order valence-corrected chi connectivity index (χ3v) is 8.21. The Morgan fingerprint density at radius 2 is 1.74 bits per heavy atom. The summed E-state index contributed by atoms with van der Waals surface area (Å²) in [6.07, 6.45) is 7.17. The standard InChI is InChI=1S/C23H34N4O6S/c28-22(19-7-4-8-20-21(19)33-16-15-32-20)24-12-9-17-10-13-27(14-11-17)34(30,31)26-23(29)25-18-5-2-1-3-6-18/h4,7-8,17-18H,1-3,5-6,9-16H2,(H,24,28)(H2,25,26,29). The van der Waals surface area contributed by atoms with Gasteiger partial charge in [0.1, 0.15) is 13.2 Å². The molecule has 188 valence electrons. The van der Waals surface area contributed by atoms with Crippen molar-refractivity contribution < 1.29 is 27.5 Å². The largest absolute Gasteiger partial charge is 0.486 e. The highest BCUT2D eigenvalue weighted by Crippen LogP contribution is 2.33. The first-order valence-electron chi connectivity index (χ1n) is 12.2. The van der Waals surface area contributed by atoms with Gasteiger partial charge in [-0.15, -0.1) is 0 Å². The van der Waals surface area contributed by atoms with Crippen LogP contribution in [0.15, 0.2) is 18.2 Å². The molecule has 1 aromatic rings. The van der Waals surface area contributed by atoms with Gasteiger partial charge in [-0.1, -0.05) is 25.3 Å².